The first-order chi connectivity index (χ1) is 10.1. The number of carbonyl (C=O) groups excluding carboxylic acids is 1. The predicted molar refractivity (Wildman–Crippen MR) is 81.1 cm³/mol. The van der Waals surface area contributed by atoms with Crippen molar-refractivity contribution < 1.29 is 9.72 Å². The molecule has 1 aliphatic rings. The predicted octanol–water partition coefficient (Wildman–Crippen LogP) is 2.93. The summed E-state index contributed by atoms with van der Waals surface area (Å²) in [6.07, 6.45) is 3.48. The molecule has 0 saturated carbocycles. The van der Waals surface area contributed by atoms with Crippen LogP contribution in [-0.4, -0.2) is 28.8 Å². The number of anilines is 1. The molecule has 1 fully saturated rings. The van der Waals surface area contributed by atoms with Crippen LogP contribution in [0.4, 0.5) is 11.4 Å². The van der Waals surface area contributed by atoms with Crippen LogP contribution in [-0.2, 0) is 11.3 Å². The molecular formula is C15H21N3O3. The summed E-state index contributed by atoms with van der Waals surface area (Å²) in [7, 11) is 0. The molecule has 114 valence electrons. The van der Waals surface area contributed by atoms with Gasteiger partial charge in [0.2, 0.25) is 5.91 Å². The van der Waals surface area contributed by atoms with E-state index in [1.807, 2.05) is 0 Å². The minimum Gasteiger partial charge on any atom is -0.385 e. The molecule has 6 heteroatoms. The Labute approximate surface area is 124 Å². The highest BCUT2D eigenvalue weighted by Gasteiger charge is 2.20. The minimum atomic E-state index is -0.398. The maximum atomic E-state index is 11.9. The Morgan fingerprint density at radius 1 is 1.38 bits per heavy atom. The van der Waals surface area contributed by atoms with E-state index >= 15 is 0 Å². The molecule has 6 nitrogen and oxygen atoms in total. The van der Waals surface area contributed by atoms with Crippen LogP contribution >= 0.6 is 0 Å². The summed E-state index contributed by atoms with van der Waals surface area (Å²) in [5.74, 6) is 0.134. The van der Waals surface area contributed by atoms with Crippen LogP contribution in [0.5, 0.6) is 0 Å². The van der Waals surface area contributed by atoms with Gasteiger partial charge in [-0.1, -0.05) is 6.92 Å². The van der Waals surface area contributed by atoms with Gasteiger partial charge in [0.05, 0.1) is 4.92 Å². The molecule has 1 amide bonds. The molecule has 0 bridgehead atoms. The third kappa shape index (κ3) is 3.93. The van der Waals surface area contributed by atoms with E-state index in [4.69, 9.17) is 0 Å². The first-order valence-corrected chi connectivity index (χ1v) is 7.40. The zero-order chi connectivity index (χ0) is 15.2. The number of likely N-dealkylation sites (tertiary alicyclic amines) is 1. The van der Waals surface area contributed by atoms with E-state index in [1.54, 1.807) is 17.0 Å². The fourth-order valence-electron chi connectivity index (χ4n) is 2.49. The molecule has 1 aromatic carbocycles. The number of hydrogen-bond donors (Lipinski definition) is 1. The van der Waals surface area contributed by atoms with E-state index in [9.17, 15) is 14.9 Å². The van der Waals surface area contributed by atoms with Gasteiger partial charge in [-0.15, -0.1) is 0 Å². The van der Waals surface area contributed by atoms with Crippen molar-refractivity contribution in [2.24, 2.45) is 0 Å². The van der Waals surface area contributed by atoms with Crippen LogP contribution in [0.1, 0.15) is 38.2 Å². The first-order valence-electron chi connectivity index (χ1n) is 7.40. The average molecular weight is 291 g/mol. The van der Waals surface area contributed by atoms with E-state index in [1.165, 1.54) is 6.07 Å². The zero-order valence-electron chi connectivity index (χ0n) is 12.3. The van der Waals surface area contributed by atoms with Crippen molar-refractivity contribution in [2.45, 2.75) is 39.2 Å². The number of amides is 1. The Kier molecular flexibility index (Phi) is 5.14. The highest BCUT2D eigenvalue weighted by Crippen LogP contribution is 2.25. The normalized spacial score (nSPS) is 15.1. The SMILES string of the molecule is CCCNc1ccc([N+](=O)[O-])cc1CN1CCCCC1=O. The standard InChI is InChI=1S/C15H21N3O3/c1-2-8-16-14-7-6-13(18(20)21)10-12(14)11-17-9-4-3-5-15(17)19/h6-7,10,16H,2-5,8-9,11H2,1H3. The second-order valence-corrected chi connectivity index (χ2v) is 5.30. The third-order valence-corrected chi connectivity index (χ3v) is 3.65. The Bertz CT molecular complexity index is 531. The summed E-state index contributed by atoms with van der Waals surface area (Å²) in [5.41, 5.74) is 1.75. The molecule has 0 atom stereocenters. The van der Waals surface area contributed by atoms with E-state index in [0.29, 0.717) is 13.0 Å². The van der Waals surface area contributed by atoms with E-state index in [0.717, 1.165) is 43.6 Å². The van der Waals surface area contributed by atoms with Crippen LogP contribution in [0.25, 0.3) is 0 Å². The summed E-state index contributed by atoms with van der Waals surface area (Å²) >= 11 is 0. The Morgan fingerprint density at radius 2 is 2.19 bits per heavy atom. The van der Waals surface area contributed by atoms with Crippen LogP contribution in [0, 0.1) is 10.1 Å². The van der Waals surface area contributed by atoms with Crippen molar-refractivity contribution in [2.75, 3.05) is 18.4 Å². The summed E-state index contributed by atoms with van der Waals surface area (Å²) in [6, 6.07) is 4.80. The van der Waals surface area contributed by atoms with Gasteiger partial charge in [0, 0.05) is 49.4 Å². The van der Waals surface area contributed by atoms with Gasteiger partial charge in [-0.3, -0.25) is 14.9 Å². The van der Waals surface area contributed by atoms with Crippen LogP contribution in [0.2, 0.25) is 0 Å². The first kappa shape index (κ1) is 15.3. The summed E-state index contributed by atoms with van der Waals surface area (Å²) in [5, 5.41) is 14.2. The highest BCUT2D eigenvalue weighted by atomic mass is 16.6. The molecular weight excluding hydrogens is 270 g/mol. The lowest BCUT2D eigenvalue weighted by atomic mass is 10.1. The fourth-order valence-corrected chi connectivity index (χ4v) is 2.49. The van der Waals surface area contributed by atoms with Gasteiger partial charge in [0.15, 0.2) is 0 Å². The van der Waals surface area contributed by atoms with Crippen LogP contribution < -0.4 is 5.32 Å². The van der Waals surface area contributed by atoms with Crippen molar-refractivity contribution in [3.63, 3.8) is 0 Å². The van der Waals surface area contributed by atoms with Crippen molar-refractivity contribution in [1.82, 2.24) is 4.90 Å². The maximum absolute atomic E-state index is 11.9. The molecule has 0 unspecified atom stereocenters. The lowest BCUT2D eigenvalue weighted by molar-refractivity contribution is -0.384. The Morgan fingerprint density at radius 3 is 2.86 bits per heavy atom. The average Bonchev–Trinajstić information content (AvgIpc) is 2.48. The maximum Gasteiger partial charge on any atom is 0.269 e. The third-order valence-electron chi connectivity index (χ3n) is 3.65. The number of nitro groups is 1. The molecule has 0 aromatic heterocycles. The van der Waals surface area contributed by atoms with Gasteiger partial charge in [-0.05, 0) is 25.3 Å². The van der Waals surface area contributed by atoms with Gasteiger partial charge < -0.3 is 10.2 Å². The molecule has 1 aliphatic heterocycles. The topological polar surface area (TPSA) is 75.5 Å². The van der Waals surface area contributed by atoms with Gasteiger partial charge in [-0.25, -0.2) is 0 Å². The van der Waals surface area contributed by atoms with Gasteiger partial charge in [0.25, 0.3) is 5.69 Å². The lowest BCUT2D eigenvalue weighted by Crippen LogP contribution is -2.34. The van der Waals surface area contributed by atoms with Crippen molar-refractivity contribution in [1.29, 1.82) is 0 Å². The molecule has 0 spiro atoms. The zero-order valence-corrected chi connectivity index (χ0v) is 12.3. The number of carbonyl (C=O) groups is 1. The number of nitro benzene ring substituents is 1. The lowest BCUT2D eigenvalue weighted by Gasteiger charge is -2.27. The summed E-state index contributed by atoms with van der Waals surface area (Å²) in [4.78, 5) is 24.2. The van der Waals surface area contributed by atoms with Gasteiger partial charge >= 0.3 is 0 Å². The molecule has 1 heterocycles. The molecule has 1 aromatic rings. The number of rotatable bonds is 6. The Balaban J connectivity index is 2.22. The number of benzene rings is 1. The number of nitrogens with one attached hydrogen (secondary N) is 1. The number of piperidine rings is 1. The van der Waals surface area contributed by atoms with E-state index < -0.39 is 4.92 Å². The fraction of sp³-hybridized carbons (Fsp3) is 0.533. The number of nitrogens with zero attached hydrogens (tertiary/aromatic N) is 2. The van der Waals surface area contributed by atoms with Crippen molar-refractivity contribution in [3.05, 3.63) is 33.9 Å². The van der Waals surface area contributed by atoms with Crippen molar-refractivity contribution in [3.8, 4) is 0 Å². The molecule has 1 N–H and O–H groups in total. The molecule has 0 radical (unpaired) electrons. The molecule has 0 aliphatic carbocycles. The quantitative estimate of drug-likeness (QED) is 0.646. The largest absolute Gasteiger partial charge is 0.385 e. The van der Waals surface area contributed by atoms with Crippen LogP contribution in [0.15, 0.2) is 18.2 Å². The van der Waals surface area contributed by atoms with Crippen molar-refractivity contribution >= 4 is 17.3 Å². The van der Waals surface area contributed by atoms with Crippen LogP contribution in [0.3, 0.4) is 0 Å². The summed E-state index contributed by atoms with van der Waals surface area (Å²) in [6.45, 7) is 4.03. The molecule has 1 saturated heterocycles. The number of hydrogen-bond acceptors (Lipinski definition) is 4. The monoisotopic (exact) mass is 291 g/mol. The molecule has 2 rings (SSSR count). The summed E-state index contributed by atoms with van der Waals surface area (Å²) < 4.78 is 0. The minimum absolute atomic E-state index is 0.0662. The van der Waals surface area contributed by atoms with E-state index in [2.05, 4.69) is 12.2 Å². The second-order valence-electron chi connectivity index (χ2n) is 5.30. The number of non-ortho nitro benzene ring substituents is 1. The highest BCUT2D eigenvalue weighted by molar-refractivity contribution is 5.77. The Hall–Kier alpha value is -2.11. The smallest absolute Gasteiger partial charge is 0.269 e. The van der Waals surface area contributed by atoms with Gasteiger partial charge in [0.1, 0.15) is 0 Å². The second kappa shape index (κ2) is 7.06. The van der Waals surface area contributed by atoms with E-state index in [-0.39, 0.29) is 11.6 Å². The van der Waals surface area contributed by atoms with Gasteiger partial charge in [-0.2, -0.15) is 0 Å². The molecule has 21 heavy (non-hydrogen) atoms.